The van der Waals surface area contributed by atoms with Crippen LogP contribution in [0.4, 0.5) is 0 Å². The van der Waals surface area contributed by atoms with Gasteiger partial charge >= 0.3 is 0 Å². The summed E-state index contributed by atoms with van der Waals surface area (Å²) < 4.78 is 0. The molecular weight excluding hydrogens is 196 g/mol. The molecule has 1 N–H and O–H groups in total. The Kier molecular flexibility index (Phi) is 5.27. The molecule has 0 heterocycles. The maximum Gasteiger partial charge on any atom is 0.0580 e. The zero-order valence-electron chi connectivity index (χ0n) is 10.4. The van der Waals surface area contributed by atoms with Crippen LogP contribution in [0.1, 0.15) is 37.3 Å². The number of aliphatic hydroxyl groups is 1. The van der Waals surface area contributed by atoms with Crippen molar-refractivity contribution in [1.82, 2.24) is 0 Å². The summed E-state index contributed by atoms with van der Waals surface area (Å²) in [7, 11) is 0. The largest absolute Gasteiger partial charge is 0.393 e. The van der Waals surface area contributed by atoms with Crippen LogP contribution in [0, 0.1) is 6.92 Å². The van der Waals surface area contributed by atoms with Gasteiger partial charge in [0, 0.05) is 0 Å². The van der Waals surface area contributed by atoms with Crippen molar-refractivity contribution < 1.29 is 5.11 Å². The van der Waals surface area contributed by atoms with Crippen LogP contribution in [-0.2, 0) is 6.42 Å². The van der Waals surface area contributed by atoms with E-state index in [1.807, 2.05) is 6.07 Å². The second kappa shape index (κ2) is 6.49. The van der Waals surface area contributed by atoms with E-state index in [0.29, 0.717) is 0 Å². The van der Waals surface area contributed by atoms with Crippen LogP contribution < -0.4 is 0 Å². The molecule has 1 unspecified atom stereocenters. The minimum Gasteiger partial charge on any atom is -0.393 e. The highest BCUT2D eigenvalue weighted by Crippen LogP contribution is 2.14. The molecule has 16 heavy (non-hydrogen) atoms. The first-order chi connectivity index (χ1) is 7.63. The number of aliphatic hydroxyl groups excluding tert-OH is 1. The van der Waals surface area contributed by atoms with Crippen LogP contribution in [0.25, 0.3) is 0 Å². The van der Waals surface area contributed by atoms with E-state index in [9.17, 15) is 5.11 Å². The molecular formula is C15H22O. The fourth-order valence-electron chi connectivity index (χ4n) is 1.79. The van der Waals surface area contributed by atoms with Crippen molar-refractivity contribution in [2.24, 2.45) is 0 Å². The smallest absolute Gasteiger partial charge is 0.0580 e. The molecule has 0 aliphatic heterocycles. The van der Waals surface area contributed by atoms with Gasteiger partial charge in [-0.3, -0.25) is 0 Å². The quantitative estimate of drug-likeness (QED) is 0.723. The SMILES string of the molecule is C=C(CC)CC(O)CCc1ccccc1C. The minimum absolute atomic E-state index is 0.243. The van der Waals surface area contributed by atoms with E-state index < -0.39 is 0 Å². The van der Waals surface area contributed by atoms with Gasteiger partial charge in [-0.05, 0) is 43.7 Å². The molecule has 0 amide bonds. The molecule has 0 spiro atoms. The van der Waals surface area contributed by atoms with E-state index in [0.717, 1.165) is 31.3 Å². The lowest BCUT2D eigenvalue weighted by molar-refractivity contribution is 0.164. The van der Waals surface area contributed by atoms with Crippen molar-refractivity contribution in [3.05, 3.63) is 47.5 Å². The topological polar surface area (TPSA) is 20.2 Å². The van der Waals surface area contributed by atoms with Crippen molar-refractivity contribution in [3.8, 4) is 0 Å². The molecule has 0 aliphatic carbocycles. The minimum atomic E-state index is -0.243. The molecule has 0 aromatic heterocycles. The van der Waals surface area contributed by atoms with Crippen LogP contribution in [0.5, 0.6) is 0 Å². The number of hydrogen-bond donors (Lipinski definition) is 1. The van der Waals surface area contributed by atoms with E-state index in [1.165, 1.54) is 11.1 Å². The molecule has 1 aromatic carbocycles. The van der Waals surface area contributed by atoms with Crippen LogP contribution in [-0.4, -0.2) is 11.2 Å². The van der Waals surface area contributed by atoms with E-state index in [2.05, 4.69) is 38.6 Å². The second-order valence-corrected chi connectivity index (χ2v) is 4.43. The summed E-state index contributed by atoms with van der Waals surface area (Å²) in [5, 5.41) is 9.84. The van der Waals surface area contributed by atoms with Gasteiger partial charge in [-0.15, -0.1) is 0 Å². The molecule has 1 heteroatoms. The Hall–Kier alpha value is -1.08. The van der Waals surface area contributed by atoms with Gasteiger partial charge in [0.05, 0.1) is 6.10 Å². The molecule has 0 fully saturated rings. The van der Waals surface area contributed by atoms with Gasteiger partial charge in [-0.25, -0.2) is 0 Å². The highest BCUT2D eigenvalue weighted by Gasteiger charge is 2.06. The third-order valence-corrected chi connectivity index (χ3v) is 3.03. The van der Waals surface area contributed by atoms with Crippen molar-refractivity contribution in [3.63, 3.8) is 0 Å². The average Bonchev–Trinajstić information content (AvgIpc) is 2.28. The molecule has 0 saturated carbocycles. The summed E-state index contributed by atoms with van der Waals surface area (Å²) in [5.74, 6) is 0. The van der Waals surface area contributed by atoms with Crippen LogP contribution in [0.15, 0.2) is 36.4 Å². The standard InChI is InChI=1S/C15H22O/c1-4-12(2)11-15(16)10-9-14-8-6-5-7-13(14)3/h5-8,15-16H,2,4,9-11H2,1,3H3. The summed E-state index contributed by atoms with van der Waals surface area (Å²) in [5.41, 5.74) is 3.78. The average molecular weight is 218 g/mol. The van der Waals surface area contributed by atoms with E-state index >= 15 is 0 Å². The van der Waals surface area contributed by atoms with E-state index in [1.54, 1.807) is 0 Å². The summed E-state index contributed by atoms with van der Waals surface area (Å²) in [6, 6.07) is 8.36. The van der Waals surface area contributed by atoms with E-state index in [-0.39, 0.29) is 6.10 Å². The highest BCUT2D eigenvalue weighted by molar-refractivity contribution is 5.25. The lowest BCUT2D eigenvalue weighted by Crippen LogP contribution is -2.09. The van der Waals surface area contributed by atoms with Crippen molar-refractivity contribution in [2.45, 2.75) is 45.6 Å². The van der Waals surface area contributed by atoms with Crippen LogP contribution >= 0.6 is 0 Å². The second-order valence-electron chi connectivity index (χ2n) is 4.43. The van der Waals surface area contributed by atoms with Gasteiger partial charge in [0.15, 0.2) is 0 Å². The molecule has 0 radical (unpaired) electrons. The van der Waals surface area contributed by atoms with Gasteiger partial charge in [0.1, 0.15) is 0 Å². The molecule has 1 rings (SSSR count). The fourth-order valence-corrected chi connectivity index (χ4v) is 1.79. The molecule has 0 saturated heterocycles. The third-order valence-electron chi connectivity index (χ3n) is 3.03. The predicted octanol–water partition coefficient (Wildman–Crippen LogP) is 3.64. The number of hydrogen-bond acceptors (Lipinski definition) is 1. The molecule has 1 aromatic rings. The number of rotatable bonds is 6. The molecule has 1 nitrogen and oxygen atoms in total. The normalized spacial score (nSPS) is 12.4. The lowest BCUT2D eigenvalue weighted by Gasteiger charge is -2.12. The first kappa shape index (κ1) is 13.0. The Labute approximate surface area is 98.8 Å². The van der Waals surface area contributed by atoms with Gasteiger partial charge in [-0.2, -0.15) is 0 Å². The maximum atomic E-state index is 9.84. The molecule has 1 atom stereocenters. The van der Waals surface area contributed by atoms with Gasteiger partial charge in [0.2, 0.25) is 0 Å². The molecule has 0 aliphatic rings. The van der Waals surface area contributed by atoms with Gasteiger partial charge < -0.3 is 5.11 Å². The Morgan fingerprint density at radius 1 is 1.38 bits per heavy atom. The monoisotopic (exact) mass is 218 g/mol. The third kappa shape index (κ3) is 4.19. The number of aryl methyl sites for hydroxylation is 2. The first-order valence-electron chi connectivity index (χ1n) is 6.02. The zero-order chi connectivity index (χ0) is 12.0. The van der Waals surface area contributed by atoms with Gasteiger partial charge in [0.25, 0.3) is 0 Å². The van der Waals surface area contributed by atoms with Gasteiger partial charge in [-0.1, -0.05) is 43.3 Å². The summed E-state index contributed by atoms with van der Waals surface area (Å²) in [6.45, 7) is 8.12. The predicted molar refractivity (Wildman–Crippen MR) is 69.6 cm³/mol. The molecule has 0 bridgehead atoms. The lowest BCUT2D eigenvalue weighted by atomic mass is 9.98. The summed E-state index contributed by atoms with van der Waals surface area (Å²) >= 11 is 0. The fraction of sp³-hybridized carbons (Fsp3) is 0.467. The first-order valence-corrected chi connectivity index (χ1v) is 6.02. The van der Waals surface area contributed by atoms with Crippen LogP contribution in [0.2, 0.25) is 0 Å². The highest BCUT2D eigenvalue weighted by atomic mass is 16.3. The zero-order valence-corrected chi connectivity index (χ0v) is 10.4. The van der Waals surface area contributed by atoms with Crippen molar-refractivity contribution in [1.29, 1.82) is 0 Å². The van der Waals surface area contributed by atoms with Crippen LogP contribution in [0.3, 0.4) is 0 Å². The molecule has 88 valence electrons. The Bertz CT molecular complexity index is 341. The Morgan fingerprint density at radius 2 is 2.06 bits per heavy atom. The van der Waals surface area contributed by atoms with Crippen molar-refractivity contribution >= 4 is 0 Å². The summed E-state index contributed by atoms with van der Waals surface area (Å²) in [6.07, 6.45) is 3.23. The Balaban J connectivity index is 2.40. The summed E-state index contributed by atoms with van der Waals surface area (Å²) in [4.78, 5) is 0. The Morgan fingerprint density at radius 3 is 2.69 bits per heavy atom. The number of benzene rings is 1. The van der Waals surface area contributed by atoms with Crippen molar-refractivity contribution in [2.75, 3.05) is 0 Å². The van der Waals surface area contributed by atoms with E-state index in [4.69, 9.17) is 0 Å². The maximum absolute atomic E-state index is 9.84.